The number of carbonyl (C=O) groups is 1. The Labute approximate surface area is 90.8 Å². The van der Waals surface area contributed by atoms with Gasteiger partial charge in [0.25, 0.3) is 0 Å². The lowest BCUT2D eigenvalue weighted by molar-refractivity contribution is -0.0976. The zero-order valence-electron chi connectivity index (χ0n) is 10.0. The van der Waals surface area contributed by atoms with Crippen molar-refractivity contribution >= 4 is 6.09 Å². The van der Waals surface area contributed by atoms with Gasteiger partial charge in [0.1, 0.15) is 5.60 Å². The number of amides is 1. The van der Waals surface area contributed by atoms with Crippen molar-refractivity contribution in [2.45, 2.75) is 52.0 Å². The molecule has 0 rings (SSSR count). The van der Waals surface area contributed by atoms with Crippen molar-refractivity contribution in [3.05, 3.63) is 0 Å². The van der Waals surface area contributed by atoms with E-state index in [1.54, 1.807) is 20.8 Å². The first kappa shape index (κ1) is 14.2. The van der Waals surface area contributed by atoms with Crippen molar-refractivity contribution in [1.29, 1.82) is 0 Å². The molecule has 2 atom stereocenters. The van der Waals surface area contributed by atoms with Gasteiger partial charge in [-0.25, -0.2) is 4.79 Å². The minimum Gasteiger partial charge on any atom is -0.444 e. The lowest BCUT2D eigenvalue weighted by atomic mass is 10.2. The van der Waals surface area contributed by atoms with E-state index in [1.807, 2.05) is 6.92 Å². The quantitative estimate of drug-likeness (QED) is 0.698. The number of ether oxygens (including phenoxy) is 2. The molecular formula is C10H21NO4. The van der Waals surface area contributed by atoms with Gasteiger partial charge in [-0.05, 0) is 27.2 Å². The summed E-state index contributed by atoms with van der Waals surface area (Å²) >= 11 is 0. The fraction of sp³-hybridized carbons (Fsp3) is 0.900. The molecule has 0 aliphatic heterocycles. The summed E-state index contributed by atoms with van der Waals surface area (Å²) in [5.74, 6) is 0. The second-order valence-electron chi connectivity index (χ2n) is 4.29. The fourth-order valence-corrected chi connectivity index (χ4v) is 0.998. The average molecular weight is 219 g/mol. The number of aliphatic hydroxyl groups is 1. The normalized spacial score (nSPS) is 15.6. The van der Waals surface area contributed by atoms with Gasteiger partial charge in [0.2, 0.25) is 0 Å². The highest BCUT2D eigenvalue weighted by Gasteiger charge is 2.22. The van der Waals surface area contributed by atoms with Gasteiger partial charge < -0.3 is 19.9 Å². The number of carbonyl (C=O) groups excluding carboxylic acids is 1. The van der Waals surface area contributed by atoms with E-state index in [2.05, 4.69) is 5.32 Å². The summed E-state index contributed by atoms with van der Waals surface area (Å²) < 4.78 is 9.77. The minimum absolute atomic E-state index is 0.454. The standard InChI is InChI=1S/C10H21NO4/c1-6-7(8(12)14-5)11-9(13)15-10(2,3)4/h7-8,12H,6H2,1-5H3,(H,11,13). The van der Waals surface area contributed by atoms with Gasteiger partial charge in [-0.3, -0.25) is 0 Å². The van der Waals surface area contributed by atoms with Crippen LogP contribution in [0.3, 0.4) is 0 Å². The molecule has 0 aliphatic rings. The second-order valence-corrected chi connectivity index (χ2v) is 4.29. The zero-order chi connectivity index (χ0) is 12.1. The van der Waals surface area contributed by atoms with E-state index in [0.29, 0.717) is 6.42 Å². The van der Waals surface area contributed by atoms with Gasteiger partial charge in [0, 0.05) is 7.11 Å². The summed E-state index contributed by atoms with van der Waals surface area (Å²) in [7, 11) is 1.38. The van der Waals surface area contributed by atoms with Gasteiger partial charge in [0.05, 0.1) is 6.04 Å². The lowest BCUT2D eigenvalue weighted by Crippen LogP contribution is -2.45. The Hall–Kier alpha value is -0.810. The van der Waals surface area contributed by atoms with Crippen molar-refractivity contribution in [1.82, 2.24) is 5.32 Å². The molecule has 15 heavy (non-hydrogen) atoms. The van der Waals surface area contributed by atoms with Crippen LogP contribution in [-0.2, 0) is 9.47 Å². The van der Waals surface area contributed by atoms with E-state index in [0.717, 1.165) is 0 Å². The van der Waals surface area contributed by atoms with Crippen LogP contribution in [-0.4, -0.2) is 36.2 Å². The Kier molecular flexibility index (Phi) is 5.60. The predicted molar refractivity (Wildman–Crippen MR) is 56.5 cm³/mol. The van der Waals surface area contributed by atoms with Crippen molar-refractivity contribution in [3.63, 3.8) is 0 Å². The highest BCUT2D eigenvalue weighted by molar-refractivity contribution is 5.68. The van der Waals surface area contributed by atoms with Crippen molar-refractivity contribution in [3.8, 4) is 0 Å². The van der Waals surface area contributed by atoms with E-state index >= 15 is 0 Å². The molecule has 90 valence electrons. The van der Waals surface area contributed by atoms with Crippen LogP contribution in [0.15, 0.2) is 0 Å². The average Bonchev–Trinajstić information content (AvgIpc) is 2.10. The molecule has 0 saturated carbocycles. The van der Waals surface area contributed by atoms with Crippen molar-refractivity contribution < 1.29 is 19.4 Å². The second kappa shape index (κ2) is 5.92. The van der Waals surface area contributed by atoms with Gasteiger partial charge in [-0.15, -0.1) is 0 Å². The van der Waals surface area contributed by atoms with E-state index in [9.17, 15) is 9.90 Å². The number of rotatable bonds is 4. The van der Waals surface area contributed by atoms with Crippen LogP contribution in [0.1, 0.15) is 34.1 Å². The number of nitrogens with one attached hydrogen (secondary N) is 1. The molecule has 0 fully saturated rings. The molecule has 0 aromatic carbocycles. The maximum atomic E-state index is 11.3. The molecule has 0 heterocycles. The zero-order valence-corrected chi connectivity index (χ0v) is 10.0. The topological polar surface area (TPSA) is 67.8 Å². The van der Waals surface area contributed by atoms with Gasteiger partial charge >= 0.3 is 6.09 Å². The third-order valence-electron chi connectivity index (χ3n) is 1.73. The summed E-state index contributed by atoms with van der Waals surface area (Å²) in [6.45, 7) is 7.17. The van der Waals surface area contributed by atoms with E-state index in [1.165, 1.54) is 7.11 Å². The van der Waals surface area contributed by atoms with Crippen LogP contribution in [0.5, 0.6) is 0 Å². The Morgan fingerprint density at radius 2 is 2.00 bits per heavy atom. The Morgan fingerprint density at radius 3 is 2.33 bits per heavy atom. The van der Waals surface area contributed by atoms with Gasteiger partial charge in [0.15, 0.2) is 6.29 Å². The first-order chi connectivity index (χ1) is 6.80. The monoisotopic (exact) mass is 219 g/mol. The van der Waals surface area contributed by atoms with E-state index in [4.69, 9.17) is 9.47 Å². The molecule has 0 aliphatic carbocycles. The maximum Gasteiger partial charge on any atom is 0.408 e. The SMILES string of the molecule is CCC(NC(=O)OC(C)(C)C)C(O)OC. The molecule has 0 radical (unpaired) electrons. The van der Waals surface area contributed by atoms with Crippen molar-refractivity contribution in [2.75, 3.05) is 7.11 Å². The smallest absolute Gasteiger partial charge is 0.408 e. The lowest BCUT2D eigenvalue weighted by Gasteiger charge is -2.25. The maximum absolute atomic E-state index is 11.3. The van der Waals surface area contributed by atoms with Crippen LogP contribution in [0.2, 0.25) is 0 Å². The third-order valence-corrected chi connectivity index (χ3v) is 1.73. The fourth-order valence-electron chi connectivity index (χ4n) is 0.998. The largest absolute Gasteiger partial charge is 0.444 e. The van der Waals surface area contributed by atoms with Gasteiger partial charge in [-0.1, -0.05) is 6.92 Å². The van der Waals surface area contributed by atoms with Crippen LogP contribution < -0.4 is 5.32 Å². The molecule has 0 aromatic rings. The predicted octanol–water partition coefficient (Wildman–Crippen LogP) is 1.25. The Balaban J connectivity index is 4.13. The molecular weight excluding hydrogens is 198 g/mol. The molecule has 0 spiro atoms. The minimum atomic E-state index is -1.01. The molecule has 2 unspecified atom stereocenters. The molecule has 5 heteroatoms. The number of hydrogen-bond donors (Lipinski definition) is 2. The number of methoxy groups -OCH3 is 1. The highest BCUT2D eigenvalue weighted by atomic mass is 16.6. The van der Waals surface area contributed by atoms with Crippen molar-refractivity contribution in [2.24, 2.45) is 0 Å². The van der Waals surface area contributed by atoms with Crippen LogP contribution in [0.25, 0.3) is 0 Å². The molecule has 0 aromatic heterocycles. The van der Waals surface area contributed by atoms with E-state index in [-0.39, 0.29) is 0 Å². The highest BCUT2D eigenvalue weighted by Crippen LogP contribution is 2.08. The summed E-state index contributed by atoms with van der Waals surface area (Å²) in [4.78, 5) is 11.3. The summed E-state index contributed by atoms with van der Waals surface area (Å²) in [5.41, 5.74) is -0.541. The Morgan fingerprint density at radius 1 is 1.47 bits per heavy atom. The molecule has 0 saturated heterocycles. The van der Waals surface area contributed by atoms with Crippen LogP contribution >= 0.6 is 0 Å². The summed E-state index contributed by atoms with van der Waals surface area (Å²) in [5, 5.41) is 11.9. The Bertz CT molecular complexity index is 200. The summed E-state index contributed by atoms with van der Waals surface area (Å²) in [6.07, 6.45) is -0.998. The van der Waals surface area contributed by atoms with Crippen LogP contribution in [0.4, 0.5) is 4.79 Å². The molecule has 5 nitrogen and oxygen atoms in total. The number of alkyl carbamates (subject to hydrolysis) is 1. The van der Waals surface area contributed by atoms with E-state index < -0.39 is 24.0 Å². The number of hydrogen-bond acceptors (Lipinski definition) is 4. The third kappa shape index (κ3) is 6.30. The number of aliphatic hydroxyl groups excluding tert-OH is 1. The first-order valence-electron chi connectivity index (χ1n) is 5.00. The van der Waals surface area contributed by atoms with Gasteiger partial charge in [-0.2, -0.15) is 0 Å². The van der Waals surface area contributed by atoms with Crippen LogP contribution in [0, 0.1) is 0 Å². The molecule has 0 bridgehead atoms. The molecule has 1 amide bonds. The molecule has 2 N–H and O–H groups in total. The summed E-state index contributed by atoms with van der Waals surface area (Å²) in [6, 6.07) is -0.454. The first-order valence-corrected chi connectivity index (χ1v) is 5.00.